The van der Waals surface area contributed by atoms with Gasteiger partial charge < -0.3 is 5.32 Å². The zero-order chi connectivity index (χ0) is 13.2. The van der Waals surface area contributed by atoms with E-state index in [0.717, 1.165) is 0 Å². The molecule has 0 unspecified atom stereocenters. The summed E-state index contributed by atoms with van der Waals surface area (Å²) in [5.41, 5.74) is -1.68. The number of amides is 1. The summed E-state index contributed by atoms with van der Waals surface area (Å²) in [5.74, 6) is -3.37. The van der Waals surface area contributed by atoms with E-state index < -0.39 is 34.2 Å². The molecule has 1 aromatic rings. The van der Waals surface area contributed by atoms with Crippen LogP contribution in [0.3, 0.4) is 0 Å². The molecule has 0 heterocycles. The van der Waals surface area contributed by atoms with Crippen LogP contribution in [0.1, 0.15) is 0 Å². The third-order valence-corrected chi connectivity index (χ3v) is 1.66. The average Bonchev–Trinajstić information content (AvgIpc) is 2.18. The minimum Gasteiger partial charge on any atom is -0.312 e. The first-order valence-electron chi connectivity index (χ1n) is 4.04. The lowest BCUT2D eigenvalue weighted by Gasteiger charge is -2.07. The first-order valence-corrected chi connectivity index (χ1v) is 4.04. The molecule has 17 heavy (non-hydrogen) atoms. The summed E-state index contributed by atoms with van der Waals surface area (Å²) in [4.78, 5) is 19.9. The summed E-state index contributed by atoms with van der Waals surface area (Å²) in [5, 5.41) is 11.7. The lowest BCUT2D eigenvalue weighted by atomic mass is 10.2. The van der Waals surface area contributed by atoms with Crippen molar-refractivity contribution < 1.29 is 27.3 Å². The topological polar surface area (TPSA) is 72.2 Å². The fourth-order valence-corrected chi connectivity index (χ4v) is 0.955. The third kappa shape index (κ3) is 3.13. The van der Waals surface area contributed by atoms with Crippen LogP contribution in [0.2, 0.25) is 0 Å². The van der Waals surface area contributed by atoms with E-state index in [1.54, 1.807) is 0 Å². The second kappa shape index (κ2) is 4.36. The van der Waals surface area contributed by atoms with Crippen molar-refractivity contribution in [2.24, 2.45) is 0 Å². The van der Waals surface area contributed by atoms with Crippen molar-refractivity contribution in [2.75, 3.05) is 5.32 Å². The predicted octanol–water partition coefficient (Wildman–Crippen LogP) is 2.23. The monoisotopic (exact) mass is 252 g/mol. The van der Waals surface area contributed by atoms with E-state index >= 15 is 0 Å². The second-order valence-corrected chi connectivity index (χ2v) is 2.87. The Morgan fingerprint density at radius 1 is 1.35 bits per heavy atom. The summed E-state index contributed by atoms with van der Waals surface area (Å²) in [6, 6.07) is 1.78. The van der Waals surface area contributed by atoms with Crippen molar-refractivity contribution >= 4 is 17.3 Å². The van der Waals surface area contributed by atoms with Gasteiger partial charge in [-0.05, 0) is 12.1 Å². The first kappa shape index (κ1) is 12.9. The van der Waals surface area contributed by atoms with Crippen molar-refractivity contribution in [3.63, 3.8) is 0 Å². The summed E-state index contributed by atoms with van der Waals surface area (Å²) in [6.45, 7) is 0. The zero-order valence-electron chi connectivity index (χ0n) is 7.92. The standard InChI is InChI=1S/C8H4F4N2O3/c9-4-1-2-5(6(3-4)14(16)17)13-7(15)8(10,11)12/h1-3H,(H,13,15). The van der Waals surface area contributed by atoms with Gasteiger partial charge in [-0.25, -0.2) is 4.39 Å². The molecular weight excluding hydrogens is 248 g/mol. The highest BCUT2D eigenvalue weighted by atomic mass is 19.4. The number of halogens is 4. The predicted molar refractivity (Wildman–Crippen MR) is 47.7 cm³/mol. The fraction of sp³-hybridized carbons (Fsp3) is 0.125. The van der Waals surface area contributed by atoms with Gasteiger partial charge >= 0.3 is 12.1 Å². The van der Waals surface area contributed by atoms with Crippen LogP contribution in [-0.4, -0.2) is 17.0 Å². The number of nitro benzene ring substituents is 1. The molecule has 1 amide bonds. The highest BCUT2D eigenvalue weighted by Gasteiger charge is 2.39. The normalized spacial score (nSPS) is 11.1. The molecule has 0 radical (unpaired) electrons. The molecule has 0 atom stereocenters. The number of nitrogens with zero attached hydrogens (tertiary/aromatic N) is 1. The number of hydrogen-bond acceptors (Lipinski definition) is 3. The van der Waals surface area contributed by atoms with E-state index in [0.29, 0.717) is 18.2 Å². The Labute approximate surface area is 91.2 Å². The summed E-state index contributed by atoms with van der Waals surface area (Å²) < 4.78 is 48.3. The molecule has 9 heteroatoms. The van der Waals surface area contributed by atoms with E-state index in [1.165, 1.54) is 5.32 Å². The quantitative estimate of drug-likeness (QED) is 0.498. The number of anilines is 1. The maximum absolute atomic E-state index is 12.6. The van der Waals surface area contributed by atoms with Gasteiger partial charge in [0, 0.05) is 0 Å². The molecule has 92 valence electrons. The number of nitro groups is 1. The zero-order valence-corrected chi connectivity index (χ0v) is 7.92. The fourth-order valence-electron chi connectivity index (χ4n) is 0.955. The number of hydrogen-bond donors (Lipinski definition) is 1. The Morgan fingerprint density at radius 2 is 1.94 bits per heavy atom. The van der Waals surface area contributed by atoms with E-state index in [1.807, 2.05) is 0 Å². The molecule has 0 saturated carbocycles. The number of benzene rings is 1. The van der Waals surface area contributed by atoms with E-state index in [4.69, 9.17) is 0 Å². The highest BCUT2D eigenvalue weighted by Crippen LogP contribution is 2.27. The van der Waals surface area contributed by atoms with Gasteiger partial charge in [0.15, 0.2) is 0 Å². The van der Waals surface area contributed by atoms with Gasteiger partial charge in [-0.1, -0.05) is 0 Å². The van der Waals surface area contributed by atoms with Crippen molar-refractivity contribution in [1.29, 1.82) is 0 Å². The summed E-state index contributed by atoms with van der Waals surface area (Å²) in [6.07, 6.45) is -5.18. The molecule has 0 bridgehead atoms. The molecule has 0 aliphatic heterocycles. The average molecular weight is 252 g/mol. The van der Waals surface area contributed by atoms with Gasteiger partial charge in [0.1, 0.15) is 11.5 Å². The van der Waals surface area contributed by atoms with Gasteiger partial charge in [0.2, 0.25) is 0 Å². The van der Waals surface area contributed by atoms with Crippen molar-refractivity contribution in [2.45, 2.75) is 6.18 Å². The number of alkyl halides is 3. The van der Waals surface area contributed by atoms with E-state index in [2.05, 4.69) is 0 Å². The second-order valence-electron chi connectivity index (χ2n) is 2.87. The van der Waals surface area contributed by atoms with Gasteiger partial charge in [-0.2, -0.15) is 13.2 Å². The van der Waals surface area contributed by atoms with Crippen molar-refractivity contribution in [3.05, 3.63) is 34.1 Å². The molecule has 1 aromatic carbocycles. The van der Waals surface area contributed by atoms with E-state index in [9.17, 15) is 32.5 Å². The SMILES string of the molecule is O=C(Nc1ccc(F)cc1[N+](=O)[O-])C(F)(F)F. The molecule has 0 aliphatic carbocycles. The highest BCUT2D eigenvalue weighted by molar-refractivity contribution is 5.96. The molecule has 0 aliphatic rings. The molecular formula is C8H4F4N2O3. The number of nitrogens with one attached hydrogen (secondary N) is 1. The molecule has 5 nitrogen and oxygen atoms in total. The molecule has 1 rings (SSSR count). The lowest BCUT2D eigenvalue weighted by molar-refractivity contribution is -0.384. The van der Waals surface area contributed by atoms with Crippen LogP contribution in [0, 0.1) is 15.9 Å². The van der Waals surface area contributed by atoms with E-state index in [-0.39, 0.29) is 0 Å². The minimum absolute atomic E-state index is 0.409. The maximum Gasteiger partial charge on any atom is 0.471 e. The van der Waals surface area contributed by atoms with Crippen molar-refractivity contribution in [1.82, 2.24) is 0 Å². The van der Waals surface area contributed by atoms with Crippen LogP contribution in [0.5, 0.6) is 0 Å². The number of carbonyl (C=O) groups is 1. The lowest BCUT2D eigenvalue weighted by Crippen LogP contribution is -2.30. The molecule has 0 spiro atoms. The minimum atomic E-state index is -5.18. The van der Waals surface area contributed by atoms with Crippen LogP contribution in [-0.2, 0) is 4.79 Å². The van der Waals surface area contributed by atoms with Gasteiger partial charge in [0.05, 0.1) is 11.0 Å². The van der Waals surface area contributed by atoms with Gasteiger partial charge in [0.25, 0.3) is 5.69 Å². The van der Waals surface area contributed by atoms with Crippen LogP contribution >= 0.6 is 0 Å². The Bertz CT molecular complexity index is 472. The molecule has 0 aromatic heterocycles. The largest absolute Gasteiger partial charge is 0.471 e. The summed E-state index contributed by atoms with van der Waals surface area (Å²) in [7, 11) is 0. The smallest absolute Gasteiger partial charge is 0.312 e. The van der Waals surface area contributed by atoms with Crippen LogP contribution < -0.4 is 5.32 Å². The Hall–Kier alpha value is -2.19. The van der Waals surface area contributed by atoms with Crippen LogP contribution in [0.15, 0.2) is 18.2 Å². The molecule has 1 N–H and O–H groups in total. The van der Waals surface area contributed by atoms with Crippen molar-refractivity contribution in [3.8, 4) is 0 Å². The number of carbonyl (C=O) groups excluding carboxylic acids is 1. The van der Waals surface area contributed by atoms with Gasteiger partial charge in [-0.15, -0.1) is 0 Å². The van der Waals surface area contributed by atoms with Gasteiger partial charge in [-0.3, -0.25) is 14.9 Å². The first-order chi connectivity index (χ1) is 7.71. The van der Waals surface area contributed by atoms with Crippen LogP contribution in [0.4, 0.5) is 28.9 Å². The molecule has 0 saturated heterocycles. The summed E-state index contributed by atoms with van der Waals surface area (Å²) >= 11 is 0. The maximum atomic E-state index is 12.6. The van der Waals surface area contributed by atoms with Crippen LogP contribution in [0.25, 0.3) is 0 Å². The Balaban J connectivity index is 3.07. The third-order valence-electron chi connectivity index (χ3n) is 1.66. The number of rotatable bonds is 2. The molecule has 0 fully saturated rings. The Morgan fingerprint density at radius 3 is 2.41 bits per heavy atom. The Kier molecular flexibility index (Phi) is 3.30.